The van der Waals surface area contributed by atoms with Crippen molar-refractivity contribution in [2.45, 2.75) is 19.9 Å². The fourth-order valence-electron chi connectivity index (χ4n) is 1.69. The van der Waals surface area contributed by atoms with Crippen LogP contribution in [0.5, 0.6) is 0 Å². The normalized spacial score (nSPS) is 10.6. The standard InChI is InChI=1S/C13H16Cl2N4S/c1-3-6-16-13-17-7-10(14)12(18-13)19(2)8-9-4-5-11(15)20-9/h4-5,7H,3,6,8H2,1-2H3,(H,16,17,18). The lowest BCUT2D eigenvalue weighted by molar-refractivity contribution is 0.895. The van der Waals surface area contributed by atoms with Crippen LogP contribution in [0, 0.1) is 0 Å². The third-order valence-corrected chi connectivity index (χ3v) is 4.12. The Labute approximate surface area is 132 Å². The highest BCUT2D eigenvalue weighted by Crippen LogP contribution is 2.27. The summed E-state index contributed by atoms with van der Waals surface area (Å²) in [4.78, 5) is 11.8. The number of nitrogens with zero attached hydrogens (tertiary/aromatic N) is 3. The van der Waals surface area contributed by atoms with E-state index in [1.807, 2.05) is 24.1 Å². The fraction of sp³-hybridized carbons (Fsp3) is 0.385. The Bertz CT molecular complexity index is 573. The fourth-order valence-corrected chi connectivity index (χ4v) is 3.07. The van der Waals surface area contributed by atoms with Crippen molar-refractivity contribution < 1.29 is 0 Å². The minimum Gasteiger partial charge on any atom is -0.354 e. The van der Waals surface area contributed by atoms with Crippen LogP contribution < -0.4 is 10.2 Å². The number of rotatable bonds is 6. The van der Waals surface area contributed by atoms with Crippen molar-refractivity contribution in [3.05, 3.63) is 32.6 Å². The molecule has 0 atom stereocenters. The molecule has 4 nitrogen and oxygen atoms in total. The first-order valence-electron chi connectivity index (χ1n) is 6.32. The summed E-state index contributed by atoms with van der Waals surface area (Å²) in [5.41, 5.74) is 0. The van der Waals surface area contributed by atoms with Crippen LogP contribution in [-0.4, -0.2) is 23.6 Å². The van der Waals surface area contributed by atoms with E-state index in [0.29, 0.717) is 23.3 Å². The molecule has 0 unspecified atom stereocenters. The van der Waals surface area contributed by atoms with Gasteiger partial charge in [0.15, 0.2) is 5.82 Å². The average molecular weight is 331 g/mol. The van der Waals surface area contributed by atoms with Gasteiger partial charge in [0.05, 0.1) is 17.1 Å². The molecule has 2 heterocycles. The van der Waals surface area contributed by atoms with Gasteiger partial charge >= 0.3 is 0 Å². The summed E-state index contributed by atoms with van der Waals surface area (Å²) in [7, 11) is 1.95. The maximum atomic E-state index is 6.18. The lowest BCUT2D eigenvalue weighted by atomic mass is 10.4. The lowest BCUT2D eigenvalue weighted by Crippen LogP contribution is -2.18. The van der Waals surface area contributed by atoms with Gasteiger partial charge in [-0.05, 0) is 18.6 Å². The van der Waals surface area contributed by atoms with E-state index in [2.05, 4.69) is 22.2 Å². The Morgan fingerprint density at radius 2 is 2.15 bits per heavy atom. The van der Waals surface area contributed by atoms with Gasteiger partial charge in [0, 0.05) is 18.5 Å². The number of hydrogen-bond acceptors (Lipinski definition) is 5. The van der Waals surface area contributed by atoms with Gasteiger partial charge in [-0.1, -0.05) is 30.1 Å². The molecule has 7 heteroatoms. The highest BCUT2D eigenvalue weighted by atomic mass is 35.5. The maximum absolute atomic E-state index is 6.18. The van der Waals surface area contributed by atoms with E-state index in [0.717, 1.165) is 22.2 Å². The van der Waals surface area contributed by atoms with Crippen LogP contribution in [0.3, 0.4) is 0 Å². The van der Waals surface area contributed by atoms with Gasteiger partial charge in [0.1, 0.15) is 5.02 Å². The van der Waals surface area contributed by atoms with Crippen molar-refractivity contribution in [2.75, 3.05) is 23.8 Å². The molecule has 0 saturated carbocycles. The van der Waals surface area contributed by atoms with Crippen LogP contribution in [0.25, 0.3) is 0 Å². The second-order valence-electron chi connectivity index (χ2n) is 4.35. The molecule has 108 valence electrons. The third-order valence-electron chi connectivity index (χ3n) is 2.64. The second-order valence-corrected chi connectivity index (χ2v) is 6.56. The van der Waals surface area contributed by atoms with Gasteiger partial charge in [-0.15, -0.1) is 11.3 Å². The van der Waals surface area contributed by atoms with Crippen molar-refractivity contribution >= 4 is 46.3 Å². The minimum absolute atomic E-state index is 0.539. The summed E-state index contributed by atoms with van der Waals surface area (Å²) in [5, 5.41) is 3.70. The topological polar surface area (TPSA) is 41.1 Å². The zero-order chi connectivity index (χ0) is 14.5. The Kier molecular flexibility index (Phi) is 5.46. The average Bonchev–Trinajstić information content (AvgIpc) is 2.83. The van der Waals surface area contributed by atoms with Gasteiger partial charge in [-0.3, -0.25) is 0 Å². The van der Waals surface area contributed by atoms with Crippen molar-refractivity contribution in [3.8, 4) is 0 Å². The summed E-state index contributed by atoms with van der Waals surface area (Å²) in [5.74, 6) is 1.31. The van der Waals surface area contributed by atoms with Gasteiger partial charge in [0.2, 0.25) is 5.95 Å². The first-order chi connectivity index (χ1) is 9.60. The van der Waals surface area contributed by atoms with E-state index in [1.165, 1.54) is 0 Å². The zero-order valence-electron chi connectivity index (χ0n) is 11.4. The predicted octanol–water partition coefficient (Wildman–Crippen LogP) is 4.30. The van der Waals surface area contributed by atoms with Crippen LogP contribution >= 0.6 is 34.5 Å². The number of halogens is 2. The minimum atomic E-state index is 0.539. The number of hydrogen-bond donors (Lipinski definition) is 1. The van der Waals surface area contributed by atoms with E-state index in [-0.39, 0.29) is 0 Å². The highest BCUT2D eigenvalue weighted by Gasteiger charge is 2.11. The molecule has 2 rings (SSSR count). The van der Waals surface area contributed by atoms with E-state index in [4.69, 9.17) is 23.2 Å². The molecule has 0 radical (unpaired) electrons. The molecule has 0 amide bonds. The second kappa shape index (κ2) is 7.11. The lowest BCUT2D eigenvalue weighted by Gasteiger charge is -2.19. The molecule has 2 aromatic rings. The van der Waals surface area contributed by atoms with Crippen LogP contribution in [0.4, 0.5) is 11.8 Å². The van der Waals surface area contributed by atoms with Crippen LogP contribution in [-0.2, 0) is 6.54 Å². The van der Waals surface area contributed by atoms with Crippen molar-refractivity contribution in [1.29, 1.82) is 0 Å². The Hall–Kier alpha value is -1.04. The van der Waals surface area contributed by atoms with Gasteiger partial charge in [-0.25, -0.2) is 4.98 Å². The molecule has 0 saturated heterocycles. The molecule has 0 aliphatic rings. The predicted molar refractivity (Wildman–Crippen MR) is 87.3 cm³/mol. The molecular formula is C13H16Cl2N4S. The molecule has 1 N–H and O–H groups in total. The monoisotopic (exact) mass is 330 g/mol. The third kappa shape index (κ3) is 3.98. The zero-order valence-corrected chi connectivity index (χ0v) is 13.7. The molecule has 0 spiro atoms. The summed E-state index contributed by atoms with van der Waals surface area (Å²) in [6, 6.07) is 3.90. The van der Waals surface area contributed by atoms with E-state index in [1.54, 1.807) is 17.5 Å². The highest BCUT2D eigenvalue weighted by molar-refractivity contribution is 7.16. The molecule has 2 aromatic heterocycles. The molecular weight excluding hydrogens is 315 g/mol. The number of nitrogens with one attached hydrogen (secondary N) is 1. The SMILES string of the molecule is CCCNc1ncc(Cl)c(N(C)Cc2ccc(Cl)s2)n1. The molecule has 0 aromatic carbocycles. The van der Waals surface area contributed by atoms with E-state index in [9.17, 15) is 0 Å². The maximum Gasteiger partial charge on any atom is 0.224 e. The first kappa shape index (κ1) is 15.4. The number of anilines is 2. The molecule has 0 bridgehead atoms. The Morgan fingerprint density at radius 1 is 1.35 bits per heavy atom. The van der Waals surface area contributed by atoms with E-state index < -0.39 is 0 Å². The van der Waals surface area contributed by atoms with Crippen LogP contribution in [0.1, 0.15) is 18.2 Å². The quantitative estimate of drug-likeness (QED) is 0.857. The summed E-state index contributed by atoms with van der Waals surface area (Å²) in [6.07, 6.45) is 2.64. The summed E-state index contributed by atoms with van der Waals surface area (Å²) < 4.78 is 0.785. The molecule has 0 aliphatic carbocycles. The number of aromatic nitrogens is 2. The van der Waals surface area contributed by atoms with Gasteiger partial charge in [0.25, 0.3) is 0 Å². The molecule has 20 heavy (non-hydrogen) atoms. The largest absolute Gasteiger partial charge is 0.354 e. The number of thiophene rings is 1. The van der Waals surface area contributed by atoms with Gasteiger partial charge < -0.3 is 10.2 Å². The van der Waals surface area contributed by atoms with Crippen LogP contribution in [0.2, 0.25) is 9.36 Å². The van der Waals surface area contributed by atoms with E-state index >= 15 is 0 Å². The van der Waals surface area contributed by atoms with Crippen LogP contribution in [0.15, 0.2) is 18.3 Å². The van der Waals surface area contributed by atoms with Crippen molar-refractivity contribution in [1.82, 2.24) is 9.97 Å². The summed E-state index contributed by atoms with van der Waals surface area (Å²) in [6.45, 7) is 3.64. The Morgan fingerprint density at radius 3 is 2.80 bits per heavy atom. The van der Waals surface area contributed by atoms with Gasteiger partial charge in [-0.2, -0.15) is 4.98 Å². The molecule has 0 fully saturated rings. The van der Waals surface area contributed by atoms with Crippen molar-refractivity contribution in [2.24, 2.45) is 0 Å². The molecule has 0 aliphatic heterocycles. The smallest absolute Gasteiger partial charge is 0.224 e. The Balaban J connectivity index is 2.13. The summed E-state index contributed by atoms with van der Waals surface area (Å²) >= 11 is 13.7. The first-order valence-corrected chi connectivity index (χ1v) is 7.89. The van der Waals surface area contributed by atoms with Crippen molar-refractivity contribution in [3.63, 3.8) is 0 Å².